The Labute approximate surface area is 218 Å². The van der Waals surface area contributed by atoms with E-state index in [0.717, 1.165) is 32.5 Å². The maximum atomic E-state index is 15.4. The third-order valence-corrected chi connectivity index (χ3v) is 8.24. The van der Waals surface area contributed by atoms with Crippen LogP contribution in [0.5, 0.6) is 0 Å². The fourth-order valence-electron chi connectivity index (χ4n) is 5.88. The van der Waals surface area contributed by atoms with Crippen molar-refractivity contribution in [3.63, 3.8) is 0 Å². The summed E-state index contributed by atoms with van der Waals surface area (Å²) < 4.78 is 29.9. The molecule has 10 heteroatoms. The number of halogens is 4. The van der Waals surface area contributed by atoms with E-state index in [1.165, 1.54) is 37.1 Å². The standard InChI is InChI=1S/C26H28Cl2F2N4O2/c27-17-7-5-6-15(22(17)30)21-23(24(35)31-8-1-2-9-34-10-3-4-11-34)32-14-26(21)16-12-19(29)18(28)13-20(16)33-25(26)36/h5-7,12-13,21,23,32H,1-4,8-11,14H2,(H,31,35)(H,33,36)/t21-,23+,26+/m0/s1. The molecule has 3 aliphatic heterocycles. The van der Waals surface area contributed by atoms with Gasteiger partial charge in [-0.25, -0.2) is 8.78 Å². The quantitative estimate of drug-likeness (QED) is 0.463. The van der Waals surface area contributed by atoms with Crippen LogP contribution in [0.1, 0.15) is 42.7 Å². The Morgan fingerprint density at radius 2 is 1.92 bits per heavy atom. The molecule has 6 nitrogen and oxygen atoms in total. The molecule has 2 fully saturated rings. The van der Waals surface area contributed by atoms with Crippen molar-refractivity contribution >= 4 is 40.7 Å². The summed E-state index contributed by atoms with van der Waals surface area (Å²) in [5, 5.41) is 8.58. The van der Waals surface area contributed by atoms with E-state index in [2.05, 4.69) is 20.9 Å². The van der Waals surface area contributed by atoms with Crippen molar-refractivity contribution in [3.8, 4) is 0 Å². The van der Waals surface area contributed by atoms with Gasteiger partial charge in [-0.15, -0.1) is 0 Å². The zero-order chi connectivity index (χ0) is 25.4. The largest absolute Gasteiger partial charge is 0.355 e. The zero-order valence-electron chi connectivity index (χ0n) is 19.7. The van der Waals surface area contributed by atoms with E-state index in [-0.39, 0.29) is 28.1 Å². The third kappa shape index (κ3) is 4.38. The lowest BCUT2D eigenvalue weighted by atomic mass is 9.68. The van der Waals surface area contributed by atoms with Crippen molar-refractivity contribution in [1.82, 2.24) is 15.5 Å². The number of benzene rings is 2. The molecular weight excluding hydrogens is 509 g/mol. The van der Waals surface area contributed by atoms with Gasteiger partial charge in [-0.2, -0.15) is 0 Å². The Balaban J connectivity index is 1.42. The molecule has 1 spiro atoms. The van der Waals surface area contributed by atoms with E-state index in [9.17, 15) is 14.0 Å². The first-order valence-corrected chi connectivity index (χ1v) is 13.1. The first kappa shape index (κ1) is 25.4. The summed E-state index contributed by atoms with van der Waals surface area (Å²) in [6.07, 6.45) is 4.24. The van der Waals surface area contributed by atoms with Gasteiger partial charge in [-0.1, -0.05) is 35.3 Å². The molecule has 2 saturated heterocycles. The number of nitrogens with zero attached hydrogens (tertiary/aromatic N) is 1. The van der Waals surface area contributed by atoms with E-state index in [1.54, 1.807) is 6.07 Å². The van der Waals surface area contributed by atoms with E-state index in [1.807, 2.05) is 0 Å². The highest BCUT2D eigenvalue weighted by atomic mass is 35.5. The molecule has 3 N–H and O–H groups in total. The van der Waals surface area contributed by atoms with Crippen molar-refractivity contribution in [2.45, 2.75) is 43.1 Å². The minimum Gasteiger partial charge on any atom is -0.355 e. The van der Waals surface area contributed by atoms with Gasteiger partial charge in [0.15, 0.2) is 0 Å². The number of amides is 2. The first-order chi connectivity index (χ1) is 17.3. The monoisotopic (exact) mass is 536 g/mol. The van der Waals surface area contributed by atoms with Gasteiger partial charge in [0, 0.05) is 24.7 Å². The van der Waals surface area contributed by atoms with Crippen LogP contribution in [0.2, 0.25) is 10.0 Å². The van der Waals surface area contributed by atoms with Crippen LogP contribution in [0.15, 0.2) is 30.3 Å². The molecule has 2 aromatic carbocycles. The van der Waals surface area contributed by atoms with E-state index >= 15 is 4.39 Å². The molecule has 2 amide bonds. The molecule has 0 aromatic heterocycles. The molecule has 0 aliphatic carbocycles. The molecule has 3 aliphatic rings. The average Bonchev–Trinajstić information content (AvgIpc) is 3.56. The highest BCUT2D eigenvalue weighted by Gasteiger charge is 2.61. The molecule has 5 rings (SSSR count). The number of fused-ring (bicyclic) bond motifs is 2. The lowest BCUT2D eigenvalue weighted by Gasteiger charge is -2.31. The molecule has 2 aromatic rings. The molecule has 0 bridgehead atoms. The van der Waals surface area contributed by atoms with Crippen LogP contribution in [0, 0.1) is 11.6 Å². The number of nitrogens with one attached hydrogen (secondary N) is 3. The minimum atomic E-state index is -1.41. The fraction of sp³-hybridized carbons (Fsp3) is 0.462. The van der Waals surface area contributed by atoms with Crippen LogP contribution in [-0.2, 0) is 15.0 Å². The van der Waals surface area contributed by atoms with Crippen molar-refractivity contribution < 1.29 is 18.4 Å². The van der Waals surface area contributed by atoms with Crippen molar-refractivity contribution in [2.24, 2.45) is 0 Å². The number of rotatable bonds is 7. The second-order valence-corrected chi connectivity index (χ2v) is 10.6. The number of anilines is 1. The van der Waals surface area contributed by atoms with Crippen LogP contribution in [0.4, 0.5) is 14.5 Å². The number of hydrogen-bond acceptors (Lipinski definition) is 4. The van der Waals surface area contributed by atoms with E-state index in [0.29, 0.717) is 17.8 Å². The van der Waals surface area contributed by atoms with Gasteiger partial charge in [0.1, 0.15) is 11.6 Å². The fourth-order valence-corrected chi connectivity index (χ4v) is 6.23. The SMILES string of the molecule is O=C(NCCCCN1CCCC1)[C@@H]1NC[C@]2(C(=O)Nc3cc(Cl)c(F)cc32)[C@H]1c1cccc(Cl)c1F. The Kier molecular flexibility index (Phi) is 7.23. The van der Waals surface area contributed by atoms with Gasteiger partial charge in [0.25, 0.3) is 0 Å². The Morgan fingerprint density at radius 1 is 1.14 bits per heavy atom. The second-order valence-electron chi connectivity index (χ2n) is 9.76. The number of carbonyl (C=O) groups excluding carboxylic acids is 2. The van der Waals surface area contributed by atoms with Gasteiger partial charge in [-0.05, 0) is 74.6 Å². The number of hydrogen-bond donors (Lipinski definition) is 3. The van der Waals surface area contributed by atoms with Gasteiger partial charge >= 0.3 is 0 Å². The lowest BCUT2D eigenvalue weighted by Crippen LogP contribution is -2.46. The van der Waals surface area contributed by atoms with Crippen LogP contribution < -0.4 is 16.0 Å². The van der Waals surface area contributed by atoms with Gasteiger partial charge < -0.3 is 20.9 Å². The van der Waals surface area contributed by atoms with Gasteiger partial charge in [0.2, 0.25) is 11.8 Å². The summed E-state index contributed by atoms with van der Waals surface area (Å²) in [6.45, 7) is 3.75. The third-order valence-electron chi connectivity index (χ3n) is 7.66. The number of unbranched alkanes of at least 4 members (excludes halogenated alkanes) is 1. The number of likely N-dealkylation sites (tertiary alicyclic amines) is 1. The molecular formula is C26H28Cl2F2N4O2. The molecule has 0 radical (unpaired) electrons. The van der Waals surface area contributed by atoms with Gasteiger partial charge in [0.05, 0.1) is 21.5 Å². The second kappa shape index (κ2) is 10.2. The van der Waals surface area contributed by atoms with Crippen molar-refractivity contribution in [1.29, 1.82) is 0 Å². The normalized spacial score (nSPS) is 25.4. The Hall–Kier alpha value is -2.26. The Morgan fingerprint density at radius 3 is 2.69 bits per heavy atom. The highest BCUT2D eigenvalue weighted by molar-refractivity contribution is 6.31. The topological polar surface area (TPSA) is 73.5 Å². The van der Waals surface area contributed by atoms with Crippen molar-refractivity contribution in [2.75, 3.05) is 38.0 Å². The predicted octanol–water partition coefficient (Wildman–Crippen LogP) is 4.21. The van der Waals surface area contributed by atoms with Crippen LogP contribution in [0.25, 0.3) is 0 Å². The molecule has 0 saturated carbocycles. The summed E-state index contributed by atoms with van der Waals surface area (Å²) in [6, 6.07) is 6.13. The molecule has 36 heavy (non-hydrogen) atoms. The maximum absolute atomic E-state index is 15.4. The smallest absolute Gasteiger partial charge is 0.237 e. The first-order valence-electron chi connectivity index (χ1n) is 12.3. The number of carbonyl (C=O) groups is 2. The minimum absolute atomic E-state index is 0.0244. The summed E-state index contributed by atoms with van der Waals surface area (Å²) in [4.78, 5) is 29.2. The van der Waals surface area contributed by atoms with E-state index < -0.39 is 34.9 Å². The summed E-state index contributed by atoms with van der Waals surface area (Å²) in [5.74, 6) is -3.14. The Bertz CT molecular complexity index is 1190. The molecule has 3 atom stereocenters. The van der Waals surface area contributed by atoms with Gasteiger partial charge in [-0.3, -0.25) is 9.59 Å². The molecule has 0 unspecified atom stereocenters. The van der Waals surface area contributed by atoms with E-state index in [4.69, 9.17) is 23.2 Å². The average molecular weight is 537 g/mol. The maximum Gasteiger partial charge on any atom is 0.237 e. The van der Waals surface area contributed by atoms with Crippen LogP contribution in [0.3, 0.4) is 0 Å². The molecule has 192 valence electrons. The zero-order valence-corrected chi connectivity index (χ0v) is 21.2. The van der Waals surface area contributed by atoms with Crippen molar-refractivity contribution in [3.05, 3.63) is 63.1 Å². The summed E-state index contributed by atoms with van der Waals surface area (Å²) in [5.41, 5.74) is -0.597. The van der Waals surface area contributed by atoms with Crippen LogP contribution >= 0.6 is 23.2 Å². The predicted molar refractivity (Wildman–Crippen MR) is 136 cm³/mol. The summed E-state index contributed by atoms with van der Waals surface area (Å²) >= 11 is 12.0. The lowest BCUT2D eigenvalue weighted by molar-refractivity contribution is -0.123. The van der Waals surface area contributed by atoms with Crippen LogP contribution in [-0.4, -0.2) is 55.5 Å². The highest BCUT2D eigenvalue weighted by Crippen LogP contribution is 2.53. The summed E-state index contributed by atoms with van der Waals surface area (Å²) in [7, 11) is 0. The molecule has 3 heterocycles.